The topological polar surface area (TPSA) is 75.7 Å². The molecule has 6 heteroatoms. The summed E-state index contributed by atoms with van der Waals surface area (Å²) >= 11 is 0. The van der Waals surface area contributed by atoms with Crippen LogP contribution < -0.4 is 5.32 Å². The van der Waals surface area contributed by atoms with Crippen LogP contribution in [0.15, 0.2) is 48.5 Å². The van der Waals surface area contributed by atoms with Crippen LogP contribution in [0.4, 0.5) is 5.69 Å². The smallest absolute Gasteiger partial charge is 0.337 e. The lowest BCUT2D eigenvalue weighted by atomic mass is 9.98. The maximum Gasteiger partial charge on any atom is 0.337 e. The van der Waals surface area contributed by atoms with Crippen LogP contribution in [0.1, 0.15) is 50.8 Å². The van der Waals surface area contributed by atoms with Crippen molar-refractivity contribution in [3.63, 3.8) is 0 Å². The lowest BCUT2D eigenvalue weighted by molar-refractivity contribution is 0.0600. The average molecular weight is 380 g/mol. The molecule has 0 spiro atoms. The maximum absolute atomic E-state index is 12.7. The number of carbonyl (C=O) groups is 3. The number of esters is 1. The van der Waals surface area contributed by atoms with Gasteiger partial charge in [-0.3, -0.25) is 9.59 Å². The van der Waals surface area contributed by atoms with E-state index in [-0.39, 0.29) is 11.8 Å². The first-order valence-corrected chi connectivity index (χ1v) is 9.37. The number of rotatable bonds is 4. The third kappa shape index (κ3) is 4.57. The van der Waals surface area contributed by atoms with Crippen LogP contribution in [0, 0.1) is 5.92 Å². The standard InChI is InChI=1S/C22H24N2O4/c1-15-9-11-24(12-10-15)21(26)17-6-3-5-16(13-17)20(25)23-19-8-4-7-18(14-19)22(27)28-2/h3-8,13-15H,9-12H2,1-2H3,(H,23,25). The molecule has 0 bridgehead atoms. The molecular formula is C22H24N2O4. The molecule has 0 atom stereocenters. The fraction of sp³-hybridized carbons (Fsp3) is 0.318. The summed E-state index contributed by atoms with van der Waals surface area (Å²) in [6.45, 7) is 3.69. The van der Waals surface area contributed by atoms with E-state index < -0.39 is 5.97 Å². The van der Waals surface area contributed by atoms with Gasteiger partial charge in [0.15, 0.2) is 0 Å². The van der Waals surface area contributed by atoms with E-state index in [2.05, 4.69) is 12.2 Å². The SMILES string of the molecule is COC(=O)c1cccc(NC(=O)c2cccc(C(=O)N3CCC(C)CC3)c2)c1. The zero-order valence-corrected chi connectivity index (χ0v) is 16.1. The molecule has 146 valence electrons. The predicted octanol–water partition coefficient (Wildman–Crippen LogP) is 3.60. The Bertz CT molecular complexity index is 886. The Kier molecular flexibility index (Phi) is 6.09. The Morgan fingerprint density at radius 3 is 2.32 bits per heavy atom. The first-order valence-electron chi connectivity index (χ1n) is 9.37. The molecule has 0 aromatic heterocycles. The summed E-state index contributed by atoms with van der Waals surface area (Å²) in [6.07, 6.45) is 2.00. The van der Waals surface area contributed by atoms with E-state index in [1.165, 1.54) is 7.11 Å². The van der Waals surface area contributed by atoms with Gasteiger partial charge in [0.25, 0.3) is 11.8 Å². The minimum atomic E-state index is -0.473. The molecule has 1 N–H and O–H groups in total. The van der Waals surface area contributed by atoms with Crippen LogP contribution in [0.2, 0.25) is 0 Å². The lowest BCUT2D eigenvalue weighted by Gasteiger charge is -2.30. The van der Waals surface area contributed by atoms with Crippen molar-refractivity contribution in [3.05, 3.63) is 65.2 Å². The van der Waals surface area contributed by atoms with E-state index >= 15 is 0 Å². The number of hydrogen-bond donors (Lipinski definition) is 1. The number of nitrogens with zero attached hydrogens (tertiary/aromatic N) is 1. The van der Waals surface area contributed by atoms with Gasteiger partial charge in [0.1, 0.15) is 0 Å². The summed E-state index contributed by atoms with van der Waals surface area (Å²) < 4.78 is 4.69. The van der Waals surface area contributed by atoms with Crippen LogP contribution in [-0.2, 0) is 4.74 Å². The third-order valence-electron chi connectivity index (χ3n) is 4.98. The highest BCUT2D eigenvalue weighted by molar-refractivity contribution is 6.06. The van der Waals surface area contributed by atoms with Gasteiger partial charge >= 0.3 is 5.97 Å². The Balaban J connectivity index is 1.72. The highest BCUT2D eigenvalue weighted by Crippen LogP contribution is 2.19. The fourth-order valence-electron chi connectivity index (χ4n) is 3.23. The molecule has 1 saturated heterocycles. The Labute approximate surface area is 164 Å². The largest absolute Gasteiger partial charge is 0.465 e. The van der Waals surface area contributed by atoms with Gasteiger partial charge in [0, 0.05) is 29.9 Å². The Morgan fingerprint density at radius 2 is 1.61 bits per heavy atom. The molecule has 0 unspecified atom stereocenters. The number of benzene rings is 2. The summed E-state index contributed by atoms with van der Waals surface area (Å²) in [4.78, 5) is 38.8. The average Bonchev–Trinajstić information content (AvgIpc) is 2.73. The number of hydrogen-bond acceptors (Lipinski definition) is 4. The molecule has 0 saturated carbocycles. The third-order valence-corrected chi connectivity index (χ3v) is 4.98. The predicted molar refractivity (Wildman–Crippen MR) is 106 cm³/mol. The van der Waals surface area contributed by atoms with Gasteiger partial charge in [-0.25, -0.2) is 4.79 Å². The summed E-state index contributed by atoms with van der Waals surface area (Å²) in [5.41, 5.74) is 1.73. The second-order valence-corrected chi connectivity index (χ2v) is 7.08. The van der Waals surface area contributed by atoms with Crippen molar-refractivity contribution in [1.82, 2.24) is 4.90 Å². The summed E-state index contributed by atoms with van der Waals surface area (Å²) in [5.74, 6) is -0.223. The monoisotopic (exact) mass is 380 g/mol. The summed E-state index contributed by atoms with van der Waals surface area (Å²) in [6, 6.07) is 13.2. The fourth-order valence-corrected chi connectivity index (χ4v) is 3.23. The molecular weight excluding hydrogens is 356 g/mol. The number of methoxy groups -OCH3 is 1. The molecule has 2 aromatic rings. The Morgan fingerprint density at radius 1 is 0.964 bits per heavy atom. The number of anilines is 1. The van der Waals surface area contributed by atoms with Gasteiger partial charge in [-0.2, -0.15) is 0 Å². The molecule has 0 aliphatic carbocycles. The molecule has 1 aliphatic heterocycles. The zero-order valence-electron chi connectivity index (χ0n) is 16.1. The first kappa shape index (κ1) is 19.6. The van der Waals surface area contributed by atoms with Crippen LogP contribution in [0.3, 0.4) is 0 Å². The van der Waals surface area contributed by atoms with Gasteiger partial charge < -0.3 is 15.0 Å². The minimum Gasteiger partial charge on any atom is -0.465 e. The number of nitrogens with one attached hydrogen (secondary N) is 1. The number of ether oxygens (including phenoxy) is 1. The van der Waals surface area contributed by atoms with Crippen molar-refractivity contribution in [3.8, 4) is 0 Å². The van der Waals surface area contributed by atoms with Crippen molar-refractivity contribution in [1.29, 1.82) is 0 Å². The quantitative estimate of drug-likeness (QED) is 0.823. The number of piperidine rings is 1. The molecule has 2 amide bonds. The molecule has 1 heterocycles. The van der Waals surface area contributed by atoms with Crippen LogP contribution in [-0.4, -0.2) is 42.9 Å². The van der Waals surface area contributed by atoms with E-state index in [0.29, 0.717) is 28.3 Å². The van der Waals surface area contributed by atoms with Crippen molar-refractivity contribution < 1.29 is 19.1 Å². The molecule has 2 aromatic carbocycles. The van der Waals surface area contributed by atoms with Crippen LogP contribution in [0.25, 0.3) is 0 Å². The molecule has 1 aliphatic rings. The molecule has 0 radical (unpaired) electrons. The second-order valence-electron chi connectivity index (χ2n) is 7.08. The maximum atomic E-state index is 12.7. The van der Waals surface area contributed by atoms with Crippen LogP contribution >= 0.6 is 0 Å². The highest BCUT2D eigenvalue weighted by atomic mass is 16.5. The highest BCUT2D eigenvalue weighted by Gasteiger charge is 2.22. The van der Waals surface area contributed by atoms with Gasteiger partial charge in [0.2, 0.25) is 0 Å². The van der Waals surface area contributed by atoms with E-state index in [4.69, 9.17) is 4.74 Å². The van der Waals surface area contributed by atoms with Gasteiger partial charge in [0.05, 0.1) is 12.7 Å². The van der Waals surface area contributed by atoms with Crippen molar-refractivity contribution in [2.45, 2.75) is 19.8 Å². The van der Waals surface area contributed by atoms with Crippen molar-refractivity contribution in [2.75, 3.05) is 25.5 Å². The first-order chi connectivity index (χ1) is 13.5. The van der Waals surface area contributed by atoms with Gasteiger partial charge in [-0.15, -0.1) is 0 Å². The normalized spacial score (nSPS) is 14.4. The van der Waals surface area contributed by atoms with E-state index in [1.807, 2.05) is 4.90 Å². The molecule has 6 nitrogen and oxygen atoms in total. The number of likely N-dealkylation sites (tertiary alicyclic amines) is 1. The van der Waals surface area contributed by atoms with Gasteiger partial charge in [-0.1, -0.05) is 19.1 Å². The summed E-state index contributed by atoms with van der Waals surface area (Å²) in [5, 5.41) is 2.76. The van der Waals surface area contributed by atoms with Crippen LogP contribution in [0.5, 0.6) is 0 Å². The van der Waals surface area contributed by atoms with E-state index in [9.17, 15) is 14.4 Å². The zero-order chi connectivity index (χ0) is 20.1. The summed E-state index contributed by atoms with van der Waals surface area (Å²) in [7, 11) is 1.30. The van der Waals surface area contributed by atoms with Crippen molar-refractivity contribution >= 4 is 23.5 Å². The minimum absolute atomic E-state index is 0.0470. The molecule has 3 rings (SSSR count). The Hall–Kier alpha value is -3.15. The van der Waals surface area contributed by atoms with Crippen molar-refractivity contribution in [2.24, 2.45) is 5.92 Å². The molecule has 28 heavy (non-hydrogen) atoms. The lowest BCUT2D eigenvalue weighted by Crippen LogP contribution is -2.38. The number of carbonyl (C=O) groups excluding carboxylic acids is 3. The number of amides is 2. The van der Waals surface area contributed by atoms with E-state index in [1.54, 1.807) is 48.5 Å². The van der Waals surface area contributed by atoms with E-state index in [0.717, 1.165) is 25.9 Å². The molecule has 1 fully saturated rings. The van der Waals surface area contributed by atoms with Gasteiger partial charge in [-0.05, 0) is 55.2 Å². The second kappa shape index (κ2) is 8.69.